The third-order valence-electron chi connectivity index (χ3n) is 2.47. The number of rotatable bonds is 1. The van der Waals surface area contributed by atoms with E-state index in [1.807, 2.05) is 0 Å². The second-order valence-electron chi connectivity index (χ2n) is 3.42. The third-order valence-corrected chi connectivity index (χ3v) is 3.76. The first kappa shape index (κ1) is 9.25. The fraction of sp³-hybridized carbons (Fsp3) is 0.333. The van der Waals surface area contributed by atoms with E-state index >= 15 is 0 Å². The molecule has 68 valence electrons. The highest BCUT2D eigenvalue weighted by Crippen LogP contribution is 2.32. The Balaban J connectivity index is 2.30. The average Bonchev–Trinajstić information content (AvgIpc) is 2.20. The molecule has 0 bridgehead atoms. The van der Waals surface area contributed by atoms with Crippen molar-refractivity contribution in [1.82, 2.24) is 0 Å². The monoisotopic (exact) mass is 284 g/mol. The molecule has 0 nitrogen and oxygen atoms in total. The van der Waals surface area contributed by atoms with Crippen LogP contribution in [0.15, 0.2) is 36.4 Å². The number of alkyl halides is 1. The Bertz CT molecular complexity index is 300. The summed E-state index contributed by atoms with van der Waals surface area (Å²) in [7, 11) is 0. The van der Waals surface area contributed by atoms with E-state index in [1.165, 1.54) is 30.4 Å². The highest BCUT2D eigenvalue weighted by molar-refractivity contribution is 14.1. The summed E-state index contributed by atoms with van der Waals surface area (Å²) >= 11 is 2.55. The van der Waals surface area contributed by atoms with Crippen molar-refractivity contribution in [3.63, 3.8) is 0 Å². The van der Waals surface area contributed by atoms with Gasteiger partial charge in [0.05, 0.1) is 0 Å². The molecule has 0 aromatic heterocycles. The molecular formula is C12H13I. The first-order valence-corrected chi connectivity index (χ1v) is 6.02. The zero-order valence-electron chi connectivity index (χ0n) is 7.54. The molecule has 0 fully saturated rings. The molecule has 1 aliphatic rings. The van der Waals surface area contributed by atoms with Crippen molar-refractivity contribution < 1.29 is 0 Å². The number of allylic oxidation sites excluding steroid dienone is 2. The molecule has 1 aromatic rings. The maximum Gasteiger partial charge on any atom is 0.0362 e. The normalized spacial score (nSPS) is 22.5. The van der Waals surface area contributed by atoms with Crippen LogP contribution in [-0.2, 0) is 0 Å². The van der Waals surface area contributed by atoms with E-state index < -0.39 is 0 Å². The van der Waals surface area contributed by atoms with Crippen molar-refractivity contribution in [2.75, 3.05) is 0 Å². The molecule has 1 aromatic carbocycles. The summed E-state index contributed by atoms with van der Waals surface area (Å²) < 4.78 is 0.716. The Morgan fingerprint density at radius 2 is 1.92 bits per heavy atom. The van der Waals surface area contributed by atoms with Crippen molar-refractivity contribution in [2.45, 2.75) is 23.2 Å². The molecule has 0 saturated carbocycles. The summed E-state index contributed by atoms with van der Waals surface area (Å²) in [6.07, 6.45) is 6.34. The topological polar surface area (TPSA) is 0 Å². The van der Waals surface area contributed by atoms with Crippen LogP contribution in [0.1, 0.15) is 24.8 Å². The number of benzene rings is 1. The Hall–Kier alpha value is -0.310. The van der Waals surface area contributed by atoms with Gasteiger partial charge in [-0.3, -0.25) is 0 Å². The van der Waals surface area contributed by atoms with Crippen LogP contribution < -0.4 is 0 Å². The van der Waals surface area contributed by atoms with Crippen molar-refractivity contribution >= 4 is 28.2 Å². The first-order valence-electron chi connectivity index (χ1n) is 4.77. The van der Waals surface area contributed by atoms with Gasteiger partial charge in [0.2, 0.25) is 0 Å². The van der Waals surface area contributed by atoms with E-state index in [1.54, 1.807) is 0 Å². The van der Waals surface area contributed by atoms with Gasteiger partial charge >= 0.3 is 0 Å². The molecule has 0 unspecified atom stereocenters. The average molecular weight is 284 g/mol. The zero-order chi connectivity index (χ0) is 9.10. The van der Waals surface area contributed by atoms with Crippen LogP contribution in [0.2, 0.25) is 0 Å². The largest absolute Gasteiger partial charge is 0.0797 e. The lowest BCUT2D eigenvalue weighted by molar-refractivity contribution is 0.765. The molecule has 1 heteroatoms. The van der Waals surface area contributed by atoms with Crippen molar-refractivity contribution in [1.29, 1.82) is 0 Å². The molecule has 13 heavy (non-hydrogen) atoms. The lowest BCUT2D eigenvalue weighted by atomic mass is 9.94. The number of halogens is 1. The minimum absolute atomic E-state index is 0.716. The predicted molar refractivity (Wildman–Crippen MR) is 66.1 cm³/mol. The highest BCUT2D eigenvalue weighted by atomic mass is 127. The van der Waals surface area contributed by atoms with Gasteiger partial charge in [-0.1, -0.05) is 59.0 Å². The SMILES string of the molecule is I[C@H]1CCCC=C1c1ccccc1. The maximum atomic E-state index is 2.55. The minimum atomic E-state index is 0.716. The Morgan fingerprint density at radius 1 is 1.15 bits per heavy atom. The lowest BCUT2D eigenvalue weighted by Crippen LogP contribution is -2.05. The molecular weight excluding hydrogens is 271 g/mol. The van der Waals surface area contributed by atoms with E-state index in [0.717, 1.165) is 0 Å². The summed E-state index contributed by atoms with van der Waals surface area (Å²) in [6, 6.07) is 10.7. The predicted octanol–water partition coefficient (Wildman–Crippen LogP) is 4.06. The highest BCUT2D eigenvalue weighted by Gasteiger charge is 2.15. The summed E-state index contributed by atoms with van der Waals surface area (Å²) in [5, 5.41) is 0. The van der Waals surface area contributed by atoms with Crippen LogP contribution >= 0.6 is 22.6 Å². The van der Waals surface area contributed by atoms with E-state index in [9.17, 15) is 0 Å². The molecule has 0 heterocycles. The van der Waals surface area contributed by atoms with E-state index in [4.69, 9.17) is 0 Å². The first-order chi connectivity index (χ1) is 6.38. The fourth-order valence-corrected chi connectivity index (χ4v) is 2.82. The van der Waals surface area contributed by atoms with E-state index in [2.05, 4.69) is 59.0 Å². The Kier molecular flexibility index (Phi) is 3.04. The van der Waals surface area contributed by atoms with Gasteiger partial charge in [-0.2, -0.15) is 0 Å². The van der Waals surface area contributed by atoms with Crippen LogP contribution in [0.25, 0.3) is 5.57 Å². The fourth-order valence-electron chi connectivity index (χ4n) is 1.77. The standard InChI is InChI=1S/C12H13I/c13-12-9-5-4-8-11(12)10-6-2-1-3-7-10/h1-3,6-8,12H,4-5,9H2/t12-/m0/s1. The van der Waals surface area contributed by atoms with Gasteiger partial charge in [0.25, 0.3) is 0 Å². The van der Waals surface area contributed by atoms with Crippen LogP contribution in [0, 0.1) is 0 Å². The zero-order valence-corrected chi connectivity index (χ0v) is 9.70. The summed E-state index contributed by atoms with van der Waals surface area (Å²) in [4.78, 5) is 0. The van der Waals surface area contributed by atoms with E-state index in [0.29, 0.717) is 3.92 Å². The van der Waals surface area contributed by atoms with Crippen LogP contribution in [0.4, 0.5) is 0 Å². The molecule has 1 aliphatic carbocycles. The van der Waals surface area contributed by atoms with Crippen molar-refractivity contribution in [2.24, 2.45) is 0 Å². The van der Waals surface area contributed by atoms with E-state index in [-0.39, 0.29) is 0 Å². The van der Waals surface area contributed by atoms with Gasteiger partial charge in [0.1, 0.15) is 0 Å². The second-order valence-corrected chi connectivity index (χ2v) is 4.93. The maximum absolute atomic E-state index is 2.55. The van der Waals surface area contributed by atoms with Gasteiger partial charge in [-0.05, 0) is 30.4 Å². The molecule has 2 rings (SSSR count). The summed E-state index contributed by atoms with van der Waals surface area (Å²) in [5.41, 5.74) is 2.94. The van der Waals surface area contributed by atoms with Crippen LogP contribution in [0.3, 0.4) is 0 Å². The molecule has 0 radical (unpaired) electrons. The second kappa shape index (κ2) is 4.27. The Morgan fingerprint density at radius 3 is 2.62 bits per heavy atom. The van der Waals surface area contributed by atoms with Crippen LogP contribution in [-0.4, -0.2) is 3.92 Å². The number of hydrogen-bond donors (Lipinski definition) is 0. The Labute approximate surface area is 93.2 Å². The smallest absolute Gasteiger partial charge is 0.0362 e. The molecule has 0 aliphatic heterocycles. The van der Waals surface area contributed by atoms with Gasteiger partial charge < -0.3 is 0 Å². The van der Waals surface area contributed by atoms with Gasteiger partial charge in [-0.25, -0.2) is 0 Å². The third kappa shape index (κ3) is 2.13. The van der Waals surface area contributed by atoms with Gasteiger partial charge in [-0.15, -0.1) is 0 Å². The van der Waals surface area contributed by atoms with Crippen molar-refractivity contribution in [3.05, 3.63) is 42.0 Å². The van der Waals surface area contributed by atoms with Gasteiger partial charge in [0.15, 0.2) is 0 Å². The summed E-state index contributed by atoms with van der Waals surface area (Å²) in [6.45, 7) is 0. The molecule has 0 amide bonds. The number of hydrogen-bond acceptors (Lipinski definition) is 0. The minimum Gasteiger partial charge on any atom is -0.0797 e. The summed E-state index contributed by atoms with van der Waals surface area (Å²) in [5.74, 6) is 0. The lowest BCUT2D eigenvalue weighted by Gasteiger charge is -2.19. The van der Waals surface area contributed by atoms with Crippen molar-refractivity contribution in [3.8, 4) is 0 Å². The molecule has 0 N–H and O–H groups in total. The van der Waals surface area contributed by atoms with Crippen LogP contribution in [0.5, 0.6) is 0 Å². The van der Waals surface area contributed by atoms with Gasteiger partial charge in [0, 0.05) is 3.92 Å². The molecule has 0 saturated heterocycles. The molecule has 0 spiro atoms. The quantitative estimate of drug-likeness (QED) is 0.539. The molecule has 1 atom stereocenters.